The van der Waals surface area contributed by atoms with Gasteiger partial charge in [-0.25, -0.2) is 17.9 Å². The van der Waals surface area contributed by atoms with Gasteiger partial charge in [0.15, 0.2) is 17.5 Å². The molecule has 3 N–H and O–H groups in total. The van der Waals surface area contributed by atoms with E-state index in [4.69, 9.17) is 16.3 Å². The first-order valence-electron chi connectivity index (χ1n) is 10.1. The molecule has 0 saturated carbocycles. The topological polar surface area (TPSA) is 101 Å². The summed E-state index contributed by atoms with van der Waals surface area (Å²) in [5.41, 5.74) is -2.55. The van der Waals surface area contributed by atoms with Crippen LogP contribution in [0.1, 0.15) is 11.6 Å². The van der Waals surface area contributed by atoms with E-state index in [1.54, 1.807) is 0 Å². The van der Waals surface area contributed by atoms with Gasteiger partial charge in [0.25, 0.3) is 0 Å². The Hall–Kier alpha value is -2.36. The van der Waals surface area contributed by atoms with Gasteiger partial charge in [-0.2, -0.15) is 13.2 Å². The molecule has 1 aliphatic heterocycles. The Morgan fingerprint density at radius 1 is 1.06 bits per heavy atom. The van der Waals surface area contributed by atoms with Crippen molar-refractivity contribution in [1.82, 2.24) is 15.0 Å². The predicted octanol–water partition coefficient (Wildman–Crippen LogP) is 3.81. The summed E-state index contributed by atoms with van der Waals surface area (Å²) in [5, 5.41) is 38.2. The van der Waals surface area contributed by atoms with Gasteiger partial charge in [-0.3, -0.25) is 0 Å². The lowest BCUT2D eigenvalue weighted by molar-refractivity contribution is -0.178. The Balaban J connectivity index is 1.62. The van der Waals surface area contributed by atoms with Gasteiger partial charge in [-0.1, -0.05) is 28.6 Å². The van der Waals surface area contributed by atoms with Crippen LogP contribution in [0.25, 0.3) is 11.3 Å². The molecule has 36 heavy (non-hydrogen) atoms. The highest BCUT2D eigenvalue weighted by atomic mass is 35.5. The first-order chi connectivity index (χ1) is 16.9. The number of aliphatic hydroxyl groups excluding tert-OH is 3. The predicted molar refractivity (Wildman–Crippen MR) is 114 cm³/mol. The molecule has 7 nitrogen and oxygen atoms in total. The number of alkyl halides is 3. The van der Waals surface area contributed by atoms with E-state index in [0.29, 0.717) is 12.1 Å². The maximum atomic E-state index is 13.6. The maximum Gasteiger partial charge on any atom is 0.417 e. The van der Waals surface area contributed by atoms with Crippen LogP contribution < -0.4 is 0 Å². The van der Waals surface area contributed by atoms with Crippen LogP contribution in [0.2, 0.25) is 5.02 Å². The van der Waals surface area contributed by atoms with Crippen molar-refractivity contribution in [2.75, 3.05) is 6.61 Å². The smallest absolute Gasteiger partial charge is 0.394 e. The molecular formula is C21H16ClF6N3O4S. The van der Waals surface area contributed by atoms with Crippen LogP contribution in [0.15, 0.2) is 41.4 Å². The van der Waals surface area contributed by atoms with Crippen LogP contribution in [-0.2, 0) is 10.9 Å². The lowest BCUT2D eigenvalue weighted by Gasteiger charge is -2.41. The number of nitrogens with zero attached hydrogens (tertiary/aromatic N) is 3. The third-order valence-electron chi connectivity index (χ3n) is 5.44. The second-order valence-electron chi connectivity index (χ2n) is 7.79. The summed E-state index contributed by atoms with van der Waals surface area (Å²) in [6, 6.07) is 2.99. The number of aromatic nitrogens is 3. The lowest BCUT2D eigenvalue weighted by atomic mass is 9.97. The molecule has 1 saturated heterocycles. The molecule has 2 heterocycles. The van der Waals surface area contributed by atoms with Crippen molar-refractivity contribution < 1.29 is 46.4 Å². The van der Waals surface area contributed by atoms with E-state index >= 15 is 0 Å². The zero-order valence-electron chi connectivity index (χ0n) is 17.7. The summed E-state index contributed by atoms with van der Waals surface area (Å²) in [4.78, 5) is 0.195. The molecular weight excluding hydrogens is 540 g/mol. The molecule has 194 valence electrons. The van der Waals surface area contributed by atoms with E-state index < -0.39 is 70.6 Å². The molecule has 0 aliphatic carbocycles. The van der Waals surface area contributed by atoms with E-state index in [1.165, 1.54) is 0 Å². The molecule has 0 unspecified atom stereocenters. The molecule has 15 heteroatoms. The first kappa shape index (κ1) is 26.7. The minimum atomic E-state index is -4.67. The quantitative estimate of drug-likeness (QED) is 0.325. The van der Waals surface area contributed by atoms with E-state index in [0.717, 1.165) is 40.8 Å². The Kier molecular flexibility index (Phi) is 7.55. The number of ether oxygens (including phenoxy) is 1. The SMILES string of the molecule is OC[C@H]1O[C@H](Sc2ccc(C(F)(F)F)c(Cl)c2)[C@H](O)[C@@H](n2cc(-c3cc(F)c(F)c(F)c3)nn2)[C@H]1O. The number of aliphatic hydroxyl groups is 3. The normalized spacial score (nSPS) is 24.8. The second-order valence-corrected chi connectivity index (χ2v) is 9.37. The standard InChI is InChI=1S/C21H16ClF6N3O4S/c22-11-5-9(1-2-10(11)21(26,27)28)36-20-19(34)17(18(33)15(7-32)35-20)31-6-14(29-30-31)8-3-12(23)16(25)13(24)4-8/h1-6,15,17-20,32-34H,7H2/t15-,17+,18+,19-,20-/m1/s1. The fourth-order valence-electron chi connectivity index (χ4n) is 3.67. The molecule has 1 aliphatic rings. The number of rotatable bonds is 5. The number of hydrogen-bond acceptors (Lipinski definition) is 7. The van der Waals surface area contributed by atoms with Crippen molar-refractivity contribution in [3.63, 3.8) is 0 Å². The van der Waals surface area contributed by atoms with Gasteiger partial charge < -0.3 is 20.1 Å². The average Bonchev–Trinajstić information content (AvgIpc) is 3.28. The highest BCUT2D eigenvalue weighted by Crippen LogP contribution is 2.41. The van der Waals surface area contributed by atoms with Crippen molar-refractivity contribution in [2.24, 2.45) is 0 Å². The van der Waals surface area contributed by atoms with Crippen LogP contribution in [-0.4, -0.2) is 60.7 Å². The summed E-state index contributed by atoms with van der Waals surface area (Å²) >= 11 is 6.53. The summed E-state index contributed by atoms with van der Waals surface area (Å²) < 4.78 is 86.0. The number of hydrogen-bond donors (Lipinski definition) is 3. The van der Waals surface area contributed by atoms with Crippen LogP contribution in [0.3, 0.4) is 0 Å². The Morgan fingerprint density at radius 2 is 1.72 bits per heavy atom. The van der Waals surface area contributed by atoms with E-state index in [1.807, 2.05) is 0 Å². The summed E-state index contributed by atoms with van der Waals surface area (Å²) in [6.45, 7) is -0.689. The summed E-state index contributed by atoms with van der Waals surface area (Å²) in [7, 11) is 0. The highest BCUT2D eigenvalue weighted by Gasteiger charge is 2.46. The number of halogens is 7. The third-order valence-corrected chi connectivity index (χ3v) is 6.90. The lowest BCUT2D eigenvalue weighted by Crippen LogP contribution is -2.55. The van der Waals surface area contributed by atoms with Crippen molar-refractivity contribution in [2.45, 2.75) is 40.9 Å². The fraction of sp³-hybridized carbons (Fsp3) is 0.333. The van der Waals surface area contributed by atoms with Gasteiger partial charge in [0.2, 0.25) is 0 Å². The largest absolute Gasteiger partial charge is 0.417 e. The Labute approximate surface area is 208 Å². The maximum absolute atomic E-state index is 13.6. The molecule has 5 atom stereocenters. The van der Waals surface area contributed by atoms with E-state index in [-0.39, 0.29) is 16.2 Å². The van der Waals surface area contributed by atoms with Gasteiger partial charge in [0, 0.05) is 10.5 Å². The highest BCUT2D eigenvalue weighted by molar-refractivity contribution is 7.99. The number of benzene rings is 2. The molecule has 2 aromatic carbocycles. The monoisotopic (exact) mass is 555 g/mol. The first-order valence-corrected chi connectivity index (χ1v) is 11.4. The third kappa shape index (κ3) is 5.19. The van der Waals surface area contributed by atoms with Crippen molar-refractivity contribution in [3.8, 4) is 11.3 Å². The Morgan fingerprint density at radius 3 is 2.31 bits per heavy atom. The van der Waals surface area contributed by atoms with Gasteiger partial charge in [0.05, 0.1) is 23.4 Å². The molecule has 4 rings (SSSR count). The van der Waals surface area contributed by atoms with E-state index in [9.17, 15) is 41.7 Å². The van der Waals surface area contributed by atoms with Gasteiger partial charge in [0.1, 0.15) is 35.5 Å². The zero-order valence-corrected chi connectivity index (χ0v) is 19.3. The minimum absolute atomic E-state index is 0.113. The van der Waals surface area contributed by atoms with Gasteiger partial charge >= 0.3 is 6.18 Å². The summed E-state index contributed by atoms with van der Waals surface area (Å²) in [5.74, 6) is -4.59. The van der Waals surface area contributed by atoms with Gasteiger partial charge in [-0.15, -0.1) is 5.10 Å². The van der Waals surface area contributed by atoms with Crippen LogP contribution >= 0.6 is 23.4 Å². The molecule has 0 spiro atoms. The number of thioether (sulfide) groups is 1. The molecule has 0 bridgehead atoms. The Bertz CT molecular complexity index is 1240. The van der Waals surface area contributed by atoms with Crippen molar-refractivity contribution in [3.05, 3.63) is 64.6 Å². The van der Waals surface area contributed by atoms with E-state index in [2.05, 4.69) is 10.3 Å². The molecule has 3 aromatic rings. The summed E-state index contributed by atoms with van der Waals surface area (Å²) in [6.07, 6.45) is -7.85. The van der Waals surface area contributed by atoms with Crippen LogP contribution in [0.4, 0.5) is 26.3 Å². The zero-order chi connectivity index (χ0) is 26.4. The second kappa shape index (κ2) is 10.2. The van der Waals surface area contributed by atoms with Crippen LogP contribution in [0, 0.1) is 17.5 Å². The molecule has 1 aromatic heterocycles. The molecule has 0 amide bonds. The molecule has 1 fully saturated rings. The van der Waals surface area contributed by atoms with Crippen LogP contribution in [0.5, 0.6) is 0 Å². The van der Waals surface area contributed by atoms with Gasteiger partial charge in [-0.05, 0) is 30.3 Å². The molecule has 0 radical (unpaired) electrons. The minimum Gasteiger partial charge on any atom is -0.394 e. The average molecular weight is 556 g/mol. The fourth-order valence-corrected chi connectivity index (χ4v) is 5.12. The van der Waals surface area contributed by atoms with Crippen molar-refractivity contribution in [1.29, 1.82) is 0 Å². The van der Waals surface area contributed by atoms with Crippen molar-refractivity contribution >= 4 is 23.4 Å².